The van der Waals surface area contributed by atoms with Crippen LogP contribution in [0.15, 0.2) is 5.16 Å². The van der Waals surface area contributed by atoms with Crippen LogP contribution >= 0.6 is 34.7 Å². The summed E-state index contributed by atoms with van der Waals surface area (Å²) in [7, 11) is 3.35. The molecule has 0 radical (unpaired) electrons. The number of hydrogen-bond donors (Lipinski definition) is 1. The molecule has 1 N–H and O–H groups in total. The number of carboxylic acid groups (broad SMARTS) is 1. The van der Waals surface area contributed by atoms with E-state index in [0.29, 0.717) is 15.1 Å². The number of rotatable bonds is 4. The Balaban J connectivity index is 2.51. The van der Waals surface area contributed by atoms with Crippen molar-refractivity contribution < 1.29 is 14.7 Å². The quantitative estimate of drug-likeness (QED) is 0.513. The average Bonchev–Trinajstić information content (AvgIpc) is 2.75. The van der Waals surface area contributed by atoms with Crippen molar-refractivity contribution in [3.63, 3.8) is 0 Å². The number of carbonyl (C=O) groups excluding carboxylic acids is 1. The van der Waals surface area contributed by atoms with E-state index in [4.69, 9.17) is 16.7 Å². The van der Waals surface area contributed by atoms with Crippen LogP contribution in [-0.2, 0) is 4.79 Å². The summed E-state index contributed by atoms with van der Waals surface area (Å²) in [6.07, 6.45) is 0. The van der Waals surface area contributed by atoms with Crippen molar-refractivity contribution in [2.24, 2.45) is 0 Å². The third-order valence-electron chi connectivity index (χ3n) is 2.96. The van der Waals surface area contributed by atoms with E-state index in [1.165, 1.54) is 16.2 Å². The molecule has 1 atom stereocenters. The minimum absolute atomic E-state index is 0.121. The van der Waals surface area contributed by atoms with Gasteiger partial charge in [0, 0.05) is 14.1 Å². The number of amides is 1. The molecule has 2 aromatic rings. The van der Waals surface area contributed by atoms with Gasteiger partial charge in [0.25, 0.3) is 5.91 Å². The van der Waals surface area contributed by atoms with E-state index in [1.54, 1.807) is 27.9 Å². The first-order valence-electron chi connectivity index (χ1n) is 6.30. The summed E-state index contributed by atoms with van der Waals surface area (Å²) < 4.78 is 0. The molecule has 9 heteroatoms. The van der Waals surface area contributed by atoms with Crippen LogP contribution in [0, 0.1) is 6.92 Å². The fraction of sp³-hybridized carbons (Fsp3) is 0.385. The van der Waals surface area contributed by atoms with E-state index >= 15 is 0 Å². The van der Waals surface area contributed by atoms with Gasteiger partial charge in [0.1, 0.15) is 15.2 Å². The van der Waals surface area contributed by atoms with Gasteiger partial charge in [-0.2, -0.15) is 0 Å². The predicted molar refractivity (Wildman–Crippen MR) is 88.1 cm³/mol. The minimum atomic E-state index is -0.948. The van der Waals surface area contributed by atoms with Crippen LogP contribution < -0.4 is 0 Å². The van der Waals surface area contributed by atoms with Gasteiger partial charge in [-0.3, -0.25) is 9.59 Å². The number of aryl methyl sites for hydroxylation is 1. The number of carbonyl (C=O) groups is 2. The van der Waals surface area contributed by atoms with Gasteiger partial charge in [-0.25, -0.2) is 9.97 Å². The Morgan fingerprint density at radius 3 is 2.55 bits per heavy atom. The van der Waals surface area contributed by atoms with Gasteiger partial charge in [0.05, 0.1) is 10.3 Å². The molecule has 0 fully saturated rings. The SMILES string of the molecule is Cc1c(C(=O)N(C)C)sc2nc(SC(C)C(=O)O)nc(Cl)c12. The number of carboxylic acids is 1. The van der Waals surface area contributed by atoms with Gasteiger partial charge in [0.2, 0.25) is 0 Å². The molecular weight excluding hydrogens is 346 g/mol. The zero-order chi connectivity index (χ0) is 16.6. The zero-order valence-electron chi connectivity index (χ0n) is 12.4. The van der Waals surface area contributed by atoms with Gasteiger partial charge in [-0.1, -0.05) is 23.4 Å². The molecule has 0 saturated carbocycles. The van der Waals surface area contributed by atoms with Crippen LogP contribution in [0.1, 0.15) is 22.2 Å². The van der Waals surface area contributed by atoms with Gasteiger partial charge >= 0.3 is 5.97 Å². The van der Waals surface area contributed by atoms with Crippen LogP contribution in [-0.4, -0.2) is 51.2 Å². The molecule has 0 aromatic carbocycles. The third kappa shape index (κ3) is 3.18. The molecule has 2 heterocycles. The normalized spacial score (nSPS) is 12.4. The molecule has 118 valence electrons. The monoisotopic (exact) mass is 359 g/mol. The maximum Gasteiger partial charge on any atom is 0.316 e. The summed E-state index contributed by atoms with van der Waals surface area (Å²) in [6, 6.07) is 0. The maximum absolute atomic E-state index is 12.2. The number of fused-ring (bicyclic) bond motifs is 1. The minimum Gasteiger partial charge on any atom is -0.480 e. The highest BCUT2D eigenvalue weighted by Crippen LogP contribution is 2.36. The van der Waals surface area contributed by atoms with Crippen LogP contribution in [0.5, 0.6) is 0 Å². The first-order chi connectivity index (χ1) is 10.2. The molecule has 0 aliphatic carbocycles. The molecule has 1 unspecified atom stereocenters. The number of halogens is 1. The fourth-order valence-electron chi connectivity index (χ4n) is 1.74. The molecule has 1 amide bonds. The third-order valence-corrected chi connectivity index (χ3v) is 5.35. The topological polar surface area (TPSA) is 83.4 Å². The summed E-state index contributed by atoms with van der Waals surface area (Å²) in [5.41, 5.74) is 0.742. The van der Waals surface area contributed by atoms with Gasteiger partial charge in [-0.15, -0.1) is 11.3 Å². The van der Waals surface area contributed by atoms with Crippen molar-refractivity contribution >= 4 is 56.8 Å². The van der Waals surface area contributed by atoms with E-state index in [2.05, 4.69) is 9.97 Å². The van der Waals surface area contributed by atoms with Crippen molar-refractivity contribution in [1.82, 2.24) is 14.9 Å². The smallest absolute Gasteiger partial charge is 0.316 e. The largest absolute Gasteiger partial charge is 0.480 e. The Morgan fingerprint density at radius 1 is 1.36 bits per heavy atom. The van der Waals surface area contributed by atoms with E-state index < -0.39 is 11.2 Å². The summed E-state index contributed by atoms with van der Waals surface area (Å²) >= 11 is 8.45. The first kappa shape index (κ1) is 17.0. The second-order valence-corrected chi connectivity index (χ2v) is 7.50. The summed E-state index contributed by atoms with van der Waals surface area (Å²) in [4.78, 5) is 34.2. The zero-order valence-corrected chi connectivity index (χ0v) is 14.8. The van der Waals surface area contributed by atoms with Crippen LogP contribution in [0.4, 0.5) is 0 Å². The van der Waals surface area contributed by atoms with Crippen LogP contribution in [0.2, 0.25) is 5.15 Å². The standard InChI is InChI=1S/C13H14ClN3O3S2/c1-5-7-9(14)15-13(21-6(2)12(19)20)16-10(7)22-8(5)11(18)17(3)4/h6H,1-4H3,(H,19,20). The van der Waals surface area contributed by atoms with E-state index in [9.17, 15) is 9.59 Å². The van der Waals surface area contributed by atoms with Crippen molar-refractivity contribution in [2.45, 2.75) is 24.3 Å². The lowest BCUT2D eigenvalue weighted by molar-refractivity contribution is -0.136. The number of aromatic nitrogens is 2. The van der Waals surface area contributed by atoms with Gasteiger partial charge in [-0.05, 0) is 19.4 Å². The van der Waals surface area contributed by atoms with Crippen molar-refractivity contribution in [3.8, 4) is 0 Å². The second kappa shape index (κ2) is 6.39. The summed E-state index contributed by atoms with van der Waals surface area (Å²) in [5, 5.41) is 9.43. The fourth-order valence-corrected chi connectivity index (χ4v) is 4.12. The summed E-state index contributed by atoms with van der Waals surface area (Å²) in [5.74, 6) is -1.07. The van der Waals surface area contributed by atoms with E-state index in [-0.39, 0.29) is 16.2 Å². The molecule has 0 bridgehead atoms. The average molecular weight is 360 g/mol. The Morgan fingerprint density at radius 2 is 2.00 bits per heavy atom. The highest BCUT2D eigenvalue weighted by atomic mass is 35.5. The lowest BCUT2D eigenvalue weighted by Crippen LogP contribution is -2.21. The number of thiophene rings is 1. The number of aliphatic carboxylic acids is 1. The van der Waals surface area contributed by atoms with Crippen molar-refractivity contribution in [1.29, 1.82) is 0 Å². The Labute approximate surface area is 140 Å². The van der Waals surface area contributed by atoms with Crippen LogP contribution in [0.25, 0.3) is 10.2 Å². The Hall–Kier alpha value is -1.38. The molecule has 0 saturated heterocycles. The highest BCUT2D eigenvalue weighted by Gasteiger charge is 2.22. The molecule has 0 aliphatic rings. The predicted octanol–water partition coefficient (Wildman–Crippen LogP) is 2.92. The van der Waals surface area contributed by atoms with E-state index in [0.717, 1.165) is 17.3 Å². The maximum atomic E-state index is 12.2. The molecular formula is C13H14ClN3O3S2. The summed E-state index contributed by atoms with van der Waals surface area (Å²) in [6.45, 7) is 3.35. The van der Waals surface area contributed by atoms with Gasteiger partial charge in [0.15, 0.2) is 5.16 Å². The highest BCUT2D eigenvalue weighted by molar-refractivity contribution is 8.00. The molecule has 6 nitrogen and oxygen atoms in total. The molecule has 0 aliphatic heterocycles. The van der Waals surface area contributed by atoms with E-state index in [1.807, 2.05) is 0 Å². The van der Waals surface area contributed by atoms with Crippen molar-refractivity contribution in [3.05, 3.63) is 15.6 Å². The molecule has 2 aromatic heterocycles. The molecule has 2 rings (SSSR count). The first-order valence-corrected chi connectivity index (χ1v) is 8.37. The number of hydrogen-bond acceptors (Lipinski definition) is 6. The second-order valence-electron chi connectivity index (χ2n) is 4.83. The number of nitrogens with zero attached hydrogens (tertiary/aromatic N) is 3. The lowest BCUT2D eigenvalue weighted by atomic mass is 10.2. The Bertz CT molecular complexity index is 761. The molecule has 22 heavy (non-hydrogen) atoms. The lowest BCUT2D eigenvalue weighted by Gasteiger charge is -2.08. The number of thioether (sulfide) groups is 1. The molecule has 0 spiro atoms. The van der Waals surface area contributed by atoms with Crippen molar-refractivity contribution in [2.75, 3.05) is 14.1 Å². The van der Waals surface area contributed by atoms with Crippen LogP contribution in [0.3, 0.4) is 0 Å². The van der Waals surface area contributed by atoms with Gasteiger partial charge < -0.3 is 10.0 Å². The Kier molecular flexibility index (Phi) is 4.93.